The average molecular weight is 306 g/mol. The lowest BCUT2D eigenvalue weighted by atomic mass is 10.1. The molecule has 0 bridgehead atoms. The van der Waals surface area contributed by atoms with Crippen molar-refractivity contribution in [2.24, 2.45) is 0 Å². The summed E-state index contributed by atoms with van der Waals surface area (Å²) in [6.07, 6.45) is -3.20. The molecule has 1 rings (SSSR count). The molecule has 118 valence electrons. The van der Waals surface area contributed by atoms with E-state index in [1.54, 1.807) is 4.90 Å². The molecule has 0 atom stereocenters. The zero-order valence-corrected chi connectivity index (χ0v) is 11.6. The lowest BCUT2D eigenvalue weighted by Gasteiger charge is -2.24. The molecule has 0 aliphatic carbocycles. The standard InChI is InChI=1S/C13H17F3N2O3/c1-2-3-6-17(7-8-19)10-4-5-12(18(20)21)11(9-10)13(14,15)16/h4-5,9,19H,2-3,6-8H2,1H3. The summed E-state index contributed by atoms with van der Waals surface area (Å²) in [5.41, 5.74) is -2.02. The summed E-state index contributed by atoms with van der Waals surface area (Å²) >= 11 is 0. The van der Waals surface area contributed by atoms with Crippen LogP contribution in [0.1, 0.15) is 25.3 Å². The maximum atomic E-state index is 12.9. The highest BCUT2D eigenvalue weighted by Crippen LogP contribution is 2.38. The molecule has 8 heteroatoms. The monoisotopic (exact) mass is 306 g/mol. The fourth-order valence-corrected chi connectivity index (χ4v) is 1.95. The summed E-state index contributed by atoms with van der Waals surface area (Å²) in [7, 11) is 0. The molecule has 0 saturated carbocycles. The SMILES string of the molecule is CCCCN(CCO)c1ccc([N+](=O)[O-])c(C(F)(F)F)c1. The van der Waals surface area contributed by atoms with E-state index in [0.717, 1.165) is 25.0 Å². The molecule has 5 nitrogen and oxygen atoms in total. The third-order valence-corrected chi connectivity index (χ3v) is 3.00. The number of hydrogen-bond acceptors (Lipinski definition) is 4. The Hall–Kier alpha value is -1.83. The number of anilines is 1. The van der Waals surface area contributed by atoms with E-state index in [-0.39, 0.29) is 18.8 Å². The van der Waals surface area contributed by atoms with Gasteiger partial charge in [0.15, 0.2) is 0 Å². The number of aliphatic hydroxyl groups is 1. The number of aliphatic hydroxyl groups excluding tert-OH is 1. The minimum absolute atomic E-state index is 0.176. The van der Waals surface area contributed by atoms with Gasteiger partial charge in [-0.3, -0.25) is 10.1 Å². The van der Waals surface area contributed by atoms with Crippen LogP contribution in [0.2, 0.25) is 0 Å². The Kier molecular flexibility index (Phi) is 5.95. The van der Waals surface area contributed by atoms with Crippen LogP contribution in [0.15, 0.2) is 18.2 Å². The van der Waals surface area contributed by atoms with E-state index in [9.17, 15) is 23.3 Å². The van der Waals surface area contributed by atoms with Gasteiger partial charge >= 0.3 is 6.18 Å². The summed E-state index contributed by atoms with van der Waals surface area (Å²) in [4.78, 5) is 11.2. The molecular weight excluding hydrogens is 289 g/mol. The van der Waals surface area contributed by atoms with Crippen LogP contribution in [0.25, 0.3) is 0 Å². The van der Waals surface area contributed by atoms with Gasteiger partial charge in [0.2, 0.25) is 0 Å². The number of nitrogens with zero attached hydrogens (tertiary/aromatic N) is 2. The van der Waals surface area contributed by atoms with Crippen molar-refractivity contribution in [1.29, 1.82) is 0 Å². The third-order valence-electron chi connectivity index (χ3n) is 3.00. The average Bonchev–Trinajstić information content (AvgIpc) is 2.41. The number of nitro benzene ring substituents is 1. The van der Waals surface area contributed by atoms with Gasteiger partial charge in [-0.2, -0.15) is 13.2 Å². The van der Waals surface area contributed by atoms with E-state index in [1.807, 2.05) is 6.92 Å². The van der Waals surface area contributed by atoms with Gasteiger partial charge in [-0.15, -0.1) is 0 Å². The van der Waals surface area contributed by atoms with Crippen LogP contribution in [0.3, 0.4) is 0 Å². The van der Waals surface area contributed by atoms with Crippen molar-refractivity contribution >= 4 is 11.4 Å². The minimum Gasteiger partial charge on any atom is -0.395 e. The van der Waals surface area contributed by atoms with Crippen molar-refractivity contribution in [2.45, 2.75) is 25.9 Å². The van der Waals surface area contributed by atoms with E-state index in [2.05, 4.69) is 0 Å². The first-order chi connectivity index (χ1) is 9.81. The molecule has 0 amide bonds. The van der Waals surface area contributed by atoms with Crippen LogP contribution in [0.5, 0.6) is 0 Å². The predicted molar refractivity (Wildman–Crippen MR) is 72.3 cm³/mol. The second kappa shape index (κ2) is 7.26. The molecule has 0 saturated heterocycles. The van der Waals surface area contributed by atoms with Crippen LogP contribution in [0.4, 0.5) is 24.5 Å². The van der Waals surface area contributed by atoms with Gasteiger partial charge in [0.1, 0.15) is 5.56 Å². The fraction of sp³-hybridized carbons (Fsp3) is 0.538. The Morgan fingerprint density at radius 1 is 1.33 bits per heavy atom. The van der Waals surface area contributed by atoms with Crippen LogP contribution in [-0.2, 0) is 6.18 Å². The predicted octanol–water partition coefficient (Wildman–Crippen LogP) is 3.21. The van der Waals surface area contributed by atoms with Crippen LogP contribution in [-0.4, -0.2) is 29.7 Å². The van der Waals surface area contributed by atoms with Gasteiger partial charge in [0.25, 0.3) is 5.69 Å². The summed E-state index contributed by atoms with van der Waals surface area (Å²) in [6.45, 7) is 2.39. The number of benzene rings is 1. The van der Waals surface area contributed by atoms with Crippen molar-refractivity contribution in [1.82, 2.24) is 0 Å². The number of halogens is 3. The number of unbranched alkanes of at least 4 members (excludes halogenated alkanes) is 1. The zero-order chi connectivity index (χ0) is 16.0. The quantitative estimate of drug-likeness (QED) is 0.620. The molecule has 1 aromatic rings. The van der Waals surface area contributed by atoms with E-state index in [1.165, 1.54) is 6.07 Å². The molecule has 1 N–H and O–H groups in total. The van der Waals surface area contributed by atoms with E-state index in [0.29, 0.717) is 6.54 Å². The maximum absolute atomic E-state index is 12.9. The van der Waals surface area contributed by atoms with E-state index >= 15 is 0 Å². The summed E-state index contributed by atoms with van der Waals surface area (Å²) < 4.78 is 38.8. The lowest BCUT2D eigenvalue weighted by Crippen LogP contribution is -2.28. The van der Waals surface area contributed by atoms with Crippen molar-refractivity contribution in [3.8, 4) is 0 Å². The summed E-state index contributed by atoms with van der Waals surface area (Å²) in [5.74, 6) is 0. The van der Waals surface area contributed by atoms with E-state index in [4.69, 9.17) is 5.11 Å². The third kappa shape index (κ3) is 4.59. The first kappa shape index (κ1) is 17.2. The Balaban J connectivity index is 3.21. The Morgan fingerprint density at radius 3 is 2.48 bits per heavy atom. The topological polar surface area (TPSA) is 66.6 Å². The molecule has 0 heterocycles. The zero-order valence-electron chi connectivity index (χ0n) is 11.6. The molecule has 0 fully saturated rings. The van der Waals surface area contributed by atoms with Gasteiger partial charge in [0.05, 0.1) is 11.5 Å². The van der Waals surface area contributed by atoms with Crippen molar-refractivity contribution in [3.05, 3.63) is 33.9 Å². The number of nitro groups is 1. The Bertz CT molecular complexity index is 492. The molecule has 21 heavy (non-hydrogen) atoms. The minimum atomic E-state index is -4.80. The Labute approximate surface area is 120 Å². The molecule has 0 unspecified atom stereocenters. The summed E-state index contributed by atoms with van der Waals surface area (Å²) in [5, 5.41) is 19.7. The number of hydrogen-bond donors (Lipinski definition) is 1. The van der Waals surface area contributed by atoms with Crippen LogP contribution in [0, 0.1) is 10.1 Å². The fourth-order valence-electron chi connectivity index (χ4n) is 1.95. The highest BCUT2D eigenvalue weighted by atomic mass is 19.4. The smallest absolute Gasteiger partial charge is 0.395 e. The highest BCUT2D eigenvalue weighted by molar-refractivity contribution is 5.56. The maximum Gasteiger partial charge on any atom is 0.423 e. The summed E-state index contributed by atoms with van der Waals surface area (Å²) in [6, 6.07) is 2.90. The molecule has 0 aliphatic heterocycles. The molecule has 0 radical (unpaired) electrons. The van der Waals surface area contributed by atoms with Gasteiger partial charge in [0, 0.05) is 24.8 Å². The van der Waals surface area contributed by atoms with Gasteiger partial charge in [-0.05, 0) is 18.6 Å². The largest absolute Gasteiger partial charge is 0.423 e. The first-order valence-corrected chi connectivity index (χ1v) is 6.52. The van der Waals surface area contributed by atoms with E-state index < -0.39 is 22.4 Å². The van der Waals surface area contributed by atoms with Gasteiger partial charge < -0.3 is 10.0 Å². The van der Waals surface area contributed by atoms with Crippen molar-refractivity contribution < 1.29 is 23.2 Å². The first-order valence-electron chi connectivity index (χ1n) is 6.52. The van der Waals surface area contributed by atoms with Crippen molar-refractivity contribution in [3.63, 3.8) is 0 Å². The van der Waals surface area contributed by atoms with Crippen LogP contribution >= 0.6 is 0 Å². The second-order valence-corrected chi connectivity index (χ2v) is 4.52. The van der Waals surface area contributed by atoms with Crippen molar-refractivity contribution in [2.75, 3.05) is 24.6 Å². The second-order valence-electron chi connectivity index (χ2n) is 4.52. The highest BCUT2D eigenvalue weighted by Gasteiger charge is 2.38. The van der Waals surface area contributed by atoms with Gasteiger partial charge in [-0.1, -0.05) is 13.3 Å². The molecular formula is C13H17F3N2O3. The Morgan fingerprint density at radius 2 is 2.00 bits per heavy atom. The van der Waals surface area contributed by atoms with Gasteiger partial charge in [-0.25, -0.2) is 0 Å². The number of rotatable bonds is 7. The van der Waals surface area contributed by atoms with Crippen LogP contribution < -0.4 is 4.90 Å². The number of alkyl halides is 3. The molecule has 0 spiro atoms. The normalized spacial score (nSPS) is 11.5. The molecule has 1 aromatic carbocycles. The molecule has 0 aliphatic rings. The molecule has 0 aromatic heterocycles. The lowest BCUT2D eigenvalue weighted by molar-refractivity contribution is -0.388.